The van der Waals surface area contributed by atoms with Crippen LogP contribution in [0.15, 0.2) is 30.6 Å². The standard InChI is InChI=1S/C21H28ClN7O2/c1-26-5-7-27(8-6-26)19-14-20(24-15-23-19)28-9-11-29(12-10-28)21(30)25-17-13-16(22)3-4-18(17)31-2/h3-4,13-15H,5-12H2,1-2H3,(H,25,30). The van der Waals surface area contributed by atoms with Gasteiger partial charge in [0.15, 0.2) is 0 Å². The summed E-state index contributed by atoms with van der Waals surface area (Å²) < 4.78 is 5.31. The maximum atomic E-state index is 12.7. The first kappa shape index (κ1) is 21.5. The Bertz CT molecular complexity index is 912. The second-order valence-electron chi connectivity index (χ2n) is 7.77. The van der Waals surface area contributed by atoms with Gasteiger partial charge in [-0.2, -0.15) is 0 Å². The molecule has 0 spiro atoms. The highest BCUT2D eigenvalue weighted by Gasteiger charge is 2.24. The van der Waals surface area contributed by atoms with E-state index >= 15 is 0 Å². The fraction of sp³-hybridized carbons (Fsp3) is 0.476. The fourth-order valence-corrected chi connectivity index (χ4v) is 4.00. The van der Waals surface area contributed by atoms with E-state index in [9.17, 15) is 4.79 Å². The molecule has 0 atom stereocenters. The van der Waals surface area contributed by atoms with Crippen LogP contribution < -0.4 is 19.9 Å². The Morgan fingerprint density at radius 3 is 2.19 bits per heavy atom. The molecule has 0 radical (unpaired) electrons. The smallest absolute Gasteiger partial charge is 0.322 e. The lowest BCUT2D eigenvalue weighted by molar-refractivity contribution is 0.208. The molecule has 1 N–H and O–H groups in total. The number of amides is 2. The zero-order chi connectivity index (χ0) is 21.8. The van der Waals surface area contributed by atoms with E-state index in [0.29, 0.717) is 42.6 Å². The van der Waals surface area contributed by atoms with Gasteiger partial charge < -0.3 is 29.7 Å². The number of halogens is 1. The van der Waals surface area contributed by atoms with Crippen molar-refractivity contribution in [3.63, 3.8) is 0 Å². The van der Waals surface area contributed by atoms with Crippen molar-refractivity contribution in [2.45, 2.75) is 0 Å². The van der Waals surface area contributed by atoms with E-state index in [2.05, 4.69) is 43.1 Å². The lowest BCUT2D eigenvalue weighted by Gasteiger charge is -2.36. The lowest BCUT2D eigenvalue weighted by atomic mass is 10.3. The van der Waals surface area contributed by atoms with E-state index in [4.69, 9.17) is 16.3 Å². The molecule has 1 aromatic heterocycles. The predicted molar refractivity (Wildman–Crippen MR) is 123 cm³/mol. The molecule has 166 valence electrons. The van der Waals surface area contributed by atoms with Gasteiger partial charge in [0.05, 0.1) is 12.8 Å². The molecule has 9 nitrogen and oxygen atoms in total. The molecule has 10 heteroatoms. The number of benzene rings is 1. The zero-order valence-corrected chi connectivity index (χ0v) is 18.7. The highest BCUT2D eigenvalue weighted by Crippen LogP contribution is 2.28. The number of carbonyl (C=O) groups is 1. The minimum Gasteiger partial charge on any atom is -0.495 e. The summed E-state index contributed by atoms with van der Waals surface area (Å²) in [6.45, 7) is 6.61. The van der Waals surface area contributed by atoms with Crippen LogP contribution in [0, 0.1) is 0 Å². The van der Waals surface area contributed by atoms with Crippen molar-refractivity contribution in [3.05, 3.63) is 35.6 Å². The van der Waals surface area contributed by atoms with Gasteiger partial charge in [-0.1, -0.05) is 11.6 Å². The van der Waals surface area contributed by atoms with Crippen molar-refractivity contribution >= 4 is 35.0 Å². The van der Waals surface area contributed by atoms with Crippen molar-refractivity contribution in [1.82, 2.24) is 19.8 Å². The summed E-state index contributed by atoms with van der Waals surface area (Å²) in [5, 5.41) is 3.45. The van der Waals surface area contributed by atoms with Gasteiger partial charge in [0, 0.05) is 63.4 Å². The van der Waals surface area contributed by atoms with E-state index in [0.717, 1.165) is 37.8 Å². The maximum Gasteiger partial charge on any atom is 0.322 e. The van der Waals surface area contributed by atoms with E-state index in [1.807, 2.05) is 0 Å². The SMILES string of the molecule is COc1ccc(Cl)cc1NC(=O)N1CCN(c2cc(N3CCN(C)CC3)ncn2)CC1. The van der Waals surface area contributed by atoms with Gasteiger partial charge in [-0.05, 0) is 25.2 Å². The second kappa shape index (κ2) is 9.57. The van der Waals surface area contributed by atoms with Crippen LogP contribution in [0.1, 0.15) is 0 Å². The number of anilines is 3. The Balaban J connectivity index is 1.35. The van der Waals surface area contributed by atoms with E-state index in [1.165, 1.54) is 0 Å². The second-order valence-corrected chi connectivity index (χ2v) is 8.21. The third-order valence-electron chi connectivity index (χ3n) is 5.76. The number of likely N-dealkylation sites (N-methyl/N-ethyl adjacent to an activating group) is 1. The quantitative estimate of drug-likeness (QED) is 0.773. The number of hydrogen-bond donors (Lipinski definition) is 1. The Morgan fingerprint density at radius 1 is 0.968 bits per heavy atom. The van der Waals surface area contributed by atoms with Gasteiger partial charge in [0.25, 0.3) is 0 Å². The van der Waals surface area contributed by atoms with Gasteiger partial charge in [0.1, 0.15) is 23.7 Å². The summed E-state index contributed by atoms with van der Waals surface area (Å²) in [6, 6.07) is 7.05. The molecule has 0 saturated carbocycles. The van der Waals surface area contributed by atoms with Crippen LogP contribution in [-0.4, -0.2) is 92.3 Å². The summed E-state index contributed by atoms with van der Waals surface area (Å²) >= 11 is 6.06. The van der Waals surface area contributed by atoms with Crippen molar-refractivity contribution < 1.29 is 9.53 Å². The number of methoxy groups -OCH3 is 1. The van der Waals surface area contributed by atoms with Crippen LogP contribution in [0.2, 0.25) is 5.02 Å². The predicted octanol–water partition coefficient (Wildman–Crippen LogP) is 2.24. The molecule has 3 heterocycles. The normalized spacial score (nSPS) is 17.6. The van der Waals surface area contributed by atoms with Crippen LogP contribution in [0.3, 0.4) is 0 Å². The van der Waals surface area contributed by atoms with Crippen molar-refractivity contribution in [3.8, 4) is 5.75 Å². The molecule has 0 aliphatic carbocycles. The molecule has 2 aliphatic rings. The molecular formula is C21H28ClN7O2. The summed E-state index contributed by atoms with van der Waals surface area (Å²) in [5.41, 5.74) is 0.565. The molecule has 2 amide bonds. The van der Waals surface area contributed by atoms with Gasteiger partial charge in [-0.3, -0.25) is 0 Å². The first-order chi connectivity index (χ1) is 15.0. The van der Waals surface area contributed by atoms with Crippen LogP contribution in [0.5, 0.6) is 5.75 Å². The Labute approximate surface area is 187 Å². The minimum atomic E-state index is -0.166. The lowest BCUT2D eigenvalue weighted by Crippen LogP contribution is -2.50. The minimum absolute atomic E-state index is 0.166. The average Bonchev–Trinajstić information content (AvgIpc) is 2.80. The van der Waals surface area contributed by atoms with Crippen molar-refractivity contribution in [1.29, 1.82) is 0 Å². The zero-order valence-electron chi connectivity index (χ0n) is 17.9. The Morgan fingerprint density at radius 2 is 1.58 bits per heavy atom. The molecule has 31 heavy (non-hydrogen) atoms. The molecule has 2 fully saturated rings. The van der Waals surface area contributed by atoms with Crippen LogP contribution in [-0.2, 0) is 0 Å². The number of carbonyl (C=O) groups excluding carboxylic acids is 1. The van der Waals surface area contributed by atoms with Crippen LogP contribution in [0.25, 0.3) is 0 Å². The summed E-state index contributed by atoms with van der Waals surface area (Å²) in [6.07, 6.45) is 1.63. The van der Waals surface area contributed by atoms with Gasteiger partial charge >= 0.3 is 6.03 Å². The Hall–Kier alpha value is -2.78. The molecule has 2 saturated heterocycles. The highest BCUT2D eigenvalue weighted by molar-refractivity contribution is 6.31. The van der Waals surface area contributed by atoms with Crippen LogP contribution in [0.4, 0.5) is 22.1 Å². The third kappa shape index (κ3) is 5.11. The van der Waals surface area contributed by atoms with Gasteiger partial charge in [0.2, 0.25) is 0 Å². The van der Waals surface area contributed by atoms with Crippen molar-refractivity contribution in [2.24, 2.45) is 0 Å². The van der Waals surface area contributed by atoms with Gasteiger partial charge in [-0.25, -0.2) is 14.8 Å². The molecular weight excluding hydrogens is 418 g/mol. The number of hydrogen-bond acceptors (Lipinski definition) is 7. The molecule has 0 bridgehead atoms. The number of aromatic nitrogens is 2. The average molecular weight is 446 g/mol. The number of nitrogens with one attached hydrogen (secondary N) is 1. The number of rotatable bonds is 4. The third-order valence-corrected chi connectivity index (χ3v) is 5.99. The van der Waals surface area contributed by atoms with Crippen LogP contribution >= 0.6 is 11.6 Å². The molecule has 4 rings (SSSR count). The molecule has 1 aromatic carbocycles. The number of piperazine rings is 2. The number of urea groups is 1. The first-order valence-electron chi connectivity index (χ1n) is 10.4. The van der Waals surface area contributed by atoms with E-state index < -0.39 is 0 Å². The van der Waals surface area contributed by atoms with E-state index in [1.54, 1.807) is 36.5 Å². The summed E-state index contributed by atoms with van der Waals surface area (Å²) in [5.74, 6) is 2.45. The maximum absolute atomic E-state index is 12.7. The monoisotopic (exact) mass is 445 g/mol. The largest absolute Gasteiger partial charge is 0.495 e. The first-order valence-corrected chi connectivity index (χ1v) is 10.8. The molecule has 2 aliphatic heterocycles. The van der Waals surface area contributed by atoms with E-state index in [-0.39, 0.29) is 6.03 Å². The summed E-state index contributed by atoms with van der Waals surface area (Å²) in [7, 11) is 3.70. The summed E-state index contributed by atoms with van der Waals surface area (Å²) in [4.78, 5) is 30.3. The van der Waals surface area contributed by atoms with Crippen molar-refractivity contribution in [2.75, 3.05) is 81.6 Å². The highest BCUT2D eigenvalue weighted by atomic mass is 35.5. The fourth-order valence-electron chi connectivity index (χ4n) is 3.83. The number of nitrogens with zero attached hydrogens (tertiary/aromatic N) is 6. The molecule has 2 aromatic rings. The molecule has 0 unspecified atom stereocenters. The van der Waals surface area contributed by atoms with Gasteiger partial charge in [-0.15, -0.1) is 0 Å². The Kier molecular flexibility index (Phi) is 6.62. The number of ether oxygens (including phenoxy) is 1. The topological polar surface area (TPSA) is 77.1 Å².